The Balaban J connectivity index is 3.03. The molecule has 1 aromatic rings. The van der Waals surface area contributed by atoms with Crippen LogP contribution in [0.3, 0.4) is 0 Å². The molecule has 0 fully saturated rings. The van der Waals surface area contributed by atoms with Crippen LogP contribution in [-0.4, -0.2) is 11.8 Å². The first-order chi connectivity index (χ1) is 7.54. The number of hydrogen-bond acceptors (Lipinski definition) is 3. The van der Waals surface area contributed by atoms with E-state index in [2.05, 4.69) is 9.98 Å². The van der Waals surface area contributed by atoms with Crippen LogP contribution >= 0.6 is 11.6 Å². The maximum absolute atomic E-state index is 11.1. The van der Waals surface area contributed by atoms with Gasteiger partial charge in [0.25, 0.3) is 0 Å². The second-order valence-corrected chi connectivity index (χ2v) is 3.58. The molecule has 6 heteroatoms. The van der Waals surface area contributed by atoms with Gasteiger partial charge in [0.15, 0.2) is 0 Å². The van der Waals surface area contributed by atoms with Gasteiger partial charge in [-0.3, -0.25) is 9.59 Å². The summed E-state index contributed by atoms with van der Waals surface area (Å²) in [6.07, 6.45) is 0. The number of nitrogens with zero attached hydrogens (tertiary/aromatic N) is 3. The van der Waals surface area contributed by atoms with E-state index in [1.807, 2.05) is 6.07 Å². The van der Waals surface area contributed by atoms with Crippen LogP contribution in [0.1, 0.15) is 11.1 Å². The zero-order chi connectivity index (χ0) is 11.9. The van der Waals surface area contributed by atoms with Crippen molar-refractivity contribution in [2.45, 2.75) is 6.92 Å². The van der Waals surface area contributed by atoms with Gasteiger partial charge in [0, 0.05) is 5.02 Å². The molecule has 1 aliphatic heterocycles. The summed E-state index contributed by atoms with van der Waals surface area (Å²) in [6.45, 7) is 1.64. The van der Waals surface area contributed by atoms with E-state index in [-0.39, 0.29) is 16.3 Å². The smallest absolute Gasteiger partial charge is 0.261 e. The minimum absolute atomic E-state index is 0.119. The number of nitriles is 1. The topological polar surface area (TPSA) is 82.6 Å². The summed E-state index contributed by atoms with van der Waals surface area (Å²) < 4.78 is 0. The highest BCUT2D eigenvalue weighted by Crippen LogP contribution is 2.13. The van der Waals surface area contributed by atoms with Crippen LogP contribution in [0, 0.1) is 18.3 Å². The molecule has 1 aliphatic rings. The highest BCUT2D eigenvalue weighted by atomic mass is 35.5. The molecule has 0 saturated carbocycles. The molecule has 5 nitrogen and oxygen atoms in total. The Hall–Kier alpha value is -2.06. The largest absolute Gasteiger partial charge is 0.338 e. The standard InChI is InChI=1S/C10H4ClN3O2/c1-4-5(3-12)8-7(2-6(4)11)13-9(15)10(16)14-8/h2H,1H3. The highest BCUT2D eigenvalue weighted by molar-refractivity contribution is 6.36. The number of carbonyl (C=O) groups excluding carboxylic acids is 2. The maximum atomic E-state index is 11.1. The molecule has 78 valence electrons. The van der Waals surface area contributed by atoms with Crippen LogP contribution in [0.5, 0.6) is 0 Å². The van der Waals surface area contributed by atoms with E-state index in [1.165, 1.54) is 6.07 Å². The molecule has 0 spiro atoms. The zero-order valence-electron chi connectivity index (χ0n) is 8.11. The molecule has 1 heterocycles. The molecule has 2 rings (SSSR count). The fraction of sp³-hybridized carbons (Fsp3) is 0.100. The Labute approximate surface area is 94.7 Å². The van der Waals surface area contributed by atoms with E-state index in [1.54, 1.807) is 6.92 Å². The third-order valence-electron chi connectivity index (χ3n) is 2.21. The van der Waals surface area contributed by atoms with Crippen LogP contribution in [0.15, 0.2) is 16.1 Å². The van der Waals surface area contributed by atoms with Gasteiger partial charge >= 0.3 is 11.8 Å². The number of fused-ring (bicyclic) bond motifs is 1. The average molecular weight is 234 g/mol. The van der Waals surface area contributed by atoms with Gasteiger partial charge in [0.05, 0.1) is 10.9 Å². The van der Waals surface area contributed by atoms with E-state index in [4.69, 9.17) is 16.9 Å². The predicted octanol–water partition coefficient (Wildman–Crippen LogP) is -0.174. The van der Waals surface area contributed by atoms with Crippen LogP contribution in [-0.2, 0) is 9.59 Å². The quantitative estimate of drug-likeness (QED) is 0.583. The summed E-state index contributed by atoms with van der Waals surface area (Å²) in [6, 6.07) is 3.32. The minimum atomic E-state index is -0.967. The lowest BCUT2D eigenvalue weighted by Crippen LogP contribution is -2.37. The van der Waals surface area contributed by atoms with Crippen LogP contribution in [0.25, 0.3) is 0 Å². The zero-order valence-corrected chi connectivity index (χ0v) is 8.87. The van der Waals surface area contributed by atoms with Gasteiger partial charge in [0.1, 0.15) is 11.4 Å². The highest BCUT2D eigenvalue weighted by Gasteiger charge is 2.18. The van der Waals surface area contributed by atoms with Crippen molar-refractivity contribution in [1.82, 2.24) is 0 Å². The van der Waals surface area contributed by atoms with E-state index in [0.29, 0.717) is 10.6 Å². The Bertz CT molecular complexity index is 685. The van der Waals surface area contributed by atoms with Crippen molar-refractivity contribution in [1.29, 1.82) is 5.26 Å². The number of hydrogen-bond donors (Lipinski definition) is 0. The van der Waals surface area contributed by atoms with E-state index in [9.17, 15) is 9.59 Å². The average Bonchev–Trinajstić information content (AvgIpc) is 2.24. The van der Waals surface area contributed by atoms with E-state index < -0.39 is 11.8 Å². The van der Waals surface area contributed by atoms with Gasteiger partial charge in [-0.25, -0.2) is 9.98 Å². The summed E-state index contributed by atoms with van der Waals surface area (Å²) in [5.41, 5.74) is 0.691. The molecule has 0 atom stereocenters. The lowest BCUT2D eigenvalue weighted by atomic mass is 10.1. The van der Waals surface area contributed by atoms with Gasteiger partial charge in [-0.15, -0.1) is 0 Å². The van der Waals surface area contributed by atoms with Crippen LogP contribution < -0.4 is 10.7 Å². The summed E-state index contributed by atoms with van der Waals surface area (Å²) in [4.78, 5) is 29.1. The first-order valence-corrected chi connectivity index (χ1v) is 4.67. The predicted molar refractivity (Wildman–Crippen MR) is 53.2 cm³/mol. The molecule has 0 saturated heterocycles. The second kappa shape index (κ2) is 3.51. The first-order valence-electron chi connectivity index (χ1n) is 4.29. The molecule has 16 heavy (non-hydrogen) atoms. The van der Waals surface area contributed by atoms with Crippen molar-refractivity contribution < 1.29 is 9.59 Å². The molecular formula is C10H4ClN3O2. The van der Waals surface area contributed by atoms with Crippen molar-refractivity contribution in [3.05, 3.63) is 32.9 Å². The van der Waals surface area contributed by atoms with Crippen LogP contribution in [0.4, 0.5) is 0 Å². The number of amides is 2. The van der Waals surface area contributed by atoms with E-state index in [0.717, 1.165) is 0 Å². The van der Waals surface area contributed by atoms with Crippen molar-refractivity contribution in [2.24, 2.45) is 9.98 Å². The first kappa shape index (κ1) is 10.5. The number of carbonyl (C=O) groups is 2. The molecule has 0 N–H and O–H groups in total. The molecule has 0 aromatic heterocycles. The molecule has 1 aromatic carbocycles. The minimum Gasteiger partial charge on any atom is -0.261 e. The Kier molecular flexibility index (Phi) is 2.29. The second-order valence-electron chi connectivity index (χ2n) is 3.17. The molecule has 0 unspecified atom stereocenters. The van der Waals surface area contributed by atoms with Gasteiger partial charge in [0.2, 0.25) is 0 Å². The normalized spacial score (nSPS) is 13.6. The Morgan fingerprint density at radius 3 is 2.56 bits per heavy atom. The third kappa shape index (κ3) is 1.40. The Morgan fingerprint density at radius 2 is 1.94 bits per heavy atom. The number of halogens is 1. The summed E-state index contributed by atoms with van der Waals surface area (Å²) >= 11 is 5.86. The Morgan fingerprint density at radius 1 is 1.31 bits per heavy atom. The fourth-order valence-electron chi connectivity index (χ4n) is 1.36. The summed E-state index contributed by atoms with van der Waals surface area (Å²) in [5.74, 6) is -1.91. The monoisotopic (exact) mass is 233 g/mol. The van der Waals surface area contributed by atoms with E-state index >= 15 is 0 Å². The number of benzene rings is 1. The molecule has 0 radical (unpaired) electrons. The van der Waals surface area contributed by atoms with Crippen molar-refractivity contribution in [3.63, 3.8) is 0 Å². The maximum Gasteiger partial charge on any atom is 0.338 e. The van der Waals surface area contributed by atoms with Gasteiger partial charge in [-0.2, -0.15) is 5.26 Å². The van der Waals surface area contributed by atoms with Gasteiger partial charge in [-0.1, -0.05) is 11.6 Å². The molecule has 2 amide bonds. The third-order valence-corrected chi connectivity index (χ3v) is 2.60. The molecular weight excluding hydrogens is 230 g/mol. The van der Waals surface area contributed by atoms with Crippen molar-refractivity contribution in [2.75, 3.05) is 0 Å². The van der Waals surface area contributed by atoms with Crippen LogP contribution in [0.2, 0.25) is 5.02 Å². The lowest BCUT2D eigenvalue weighted by molar-refractivity contribution is -0.135. The van der Waals surface area contributed by atoms with Crippen molar-refractivity contribution >= 4 is 23.4 Å². The molecule has 0 bridgehead atoms. The van der Waals surface area contributed by atoms with Crippen molar-refractivity contribution in [3.8, 4) is 6.07 Å². The lowest BCUT2D eigenvalue weighted by Gasteiger charge is -2.03. The van der Waals surface area contributed by atoms with Gasteiger partial charge < -0.3 is 0 Å². The summed E-state index contributed by atoms with van der Waals surface area (Å²) in [5, 5.41) is 9.54. The SMILES string of the molecule is Cc1c(Cl)cc2c(c1C#N)=NC(=O)C(=O)N=2. The fourth-order valence-corrected chi connectivity index (χ4v) is 1.56. The van der Waals surface area contributed by atoms with Gasteiger partial charge in [-0.05, 0) is 18.6 Å². The number of rotatable bonds is 0. The molecule has 0 aliphatic carbocycles. The summed E-state index contributed by atoms with van der Waals surface area (Å²) in [7, 11) is 0.